The largest absolute Gasteiger partial charge is 0.326 e. The molecule has 0 fully saturated rings. The highest BCUT2D eigenvalue weighted by Crippen LogP contribution is 2.40. The Morgan fingerprint density at radius 1 is 0.412 bits per heavy atom. The van der Waals surface area contributed by atoms with Gasteiger partial charge in [0.15, 0.2) is 0 Å². The van der Waals surface area contributed by atoms with Crippen LogP contribution in [0, 0.1) is 6.92 Å². The number of anilines is 4. The van der Waals surface area contributed by atoms with E-state index in [1.165, 1.54) is 69.5 Å². The number of benzene rings is 4. The van der Waals surface area contributed by atoms with Gasteiger partial charge in [0.05, 0.1) is 34.4 Å². The number of aromatic nitrogens is 2. The Morgan fingerprint density at radius 2 is 0.682 bits per heavy atom. The summed E-state index contributed by atoms with van der Waals surface area (Å²) in [6.07, 6.45) is 3.09. The second-order valence-electron chi connectivity index (χ2n) is 23.3. The molecule has 29 heteroatoms. The molecule has 0 saturated heterocycles. The van der Waals surface area contributed by atoms with Crippen LogP contribution in [0.25, 0.3) is 31.6 Å². The molecule has 85 heavy (non-hydrogen) atoms. The van der Waals surface area contributed by atoms with Gasteiger partial charge in [-0.15, -0.1) is 22.7 Å². The van der Waals surface area contributed by atoms with Crippen molar-refractivity contribution in [1.29, 1.82) is 0 Å². The Labute approximate surface area is 517 Å². The minimum absolute atomic E-state index is 0. The molecule has 0 aliphatic rings. The molecule has 0 unspecified atom stereocenters. The summed E-state index contributed by atoms with van der Waals surface area (Å²) in [5.41, 5.74) is 0.430. The zero-order valence-electron chi connectivity index (χ0n) is 49.7. The molecule has 4 aromatic carbocycles. The highest BCUT2D eigenvalue weighted by molar-refractivity contribution is 9.11. The molecular weight excluding hydrogens is 1280 g/mol. The molecule has 0 atom stereocenters. The zero-order valence-corrected chi connectivity index (χ0v) is 56.2. The van der Waals surface area contributed by atoms with Gasteiger partial charge in [-0.3, -0.25) is 19.2 Å². The number of aryl methyl sites for hydroxylation is 1. The number of carbonyl (C=O) groups is 4. The number of hydrogen-bond donors (Lipinski definition) is 8. The molecule has 0 saturated carbocycles. The van der Waals surface area contributed by atoms with Crippen LogP contribution in [0.3, 0.4) is 0 Å². The van der Waals surface area contributed by atoms with Gasteiger partial charge in [0.2, 0.25) is 63.7 Å². The van der Waals surface area contributed by atoms with Gasteiger partial charge in [0.25, 0.3) is 0 Å². The third-order valence-corrected chi connectivity index (χ3v) is 19.9. The summed E-state index contributed by atoms with van der Waals surface area (Å²) >= 11 is 5.77. The van der Waals surface area contributed by atoms with Crippen molar-refractivity contribution in [2.45, 2.75) is 167 Å². The maximum Gasteiger partial charge on any atom is 0.241 e. The molecule has 0 aliphatic carbocycles. The molecule has 4 amide bonds. The number of amides is 4. The van der Waals surface area contributed by atoms with Gasteiger partial charge < -0.3 is 21.3 Å². The van der Waals surface area contributed by atoms with E-state index in [1.54, 1.807) is 145 Å². The van der Waals surface area contributed by atoms with Crippen molar-refractivity contribution < 1.29 is 52.8 Å². The van der Waals surface area contributed by atoms with Crippen LogP contribution in [-0.4, -0.2) is 89.4 Å². The van der Waals surface area contributed by atoms with Gasteiger partial charge in [-0.05, 0) is 172 Å². The zero-order chi connectivity index (χ0) is 63.9. The molecule has 0 bridgehead atoms. The minimum Gasteiger partial charge on any atom is -0.326 e. The highest BCUT2D eigenvalue weighted by atomic mass is 79.9. The summed E-state index contributed by atoms with van der Waals surface area (Å²) in [4.78, 5) is 54.8. The lowest BCUT2D eigenvalue weighted by molar-refractivity contribution is -0.115. The fourth-order valence-corrected chi connectivity index (χ4v) is 16.6. The molecule has 0 aliphatic heterocycles. The average molecular weight is 1350 g/mol. The van der Waals surface area contributed by atoms with Crippen LogP contribution in [0.5, 0.6) is 0 Å². The van der Waals surface area contributed by atoms with Crippen LogP contribution in [0.4, 0.5) is 22.7 Å². The van der Waals surface area contributed by atoms with Crippen molar-refractivity contribution in [2.24, 2.45) is 0 Å². The molecule has 22 nitrogen and oxygen atoms in total. The van der Waals surface area contributed by atoms with E-state index in [0.717, 1.165) is 15.1 Å². The third kappa shape index (κ3) is 23.1. The minimum atomic E-state index is -4.06. The van der Waals surface area contributed by atoms with Gasteiger partial charge in [0, 0.05) is 95.5 Å². The summed E-state index contributed by atoms with van der Waals surface area (Å²) < 4.78 is 115. The van der Waals surface area contributed by atoms with Crippen LogP contribution in [-0.2, 0) is 59.3 Å². The first-order valence-electron chi connectivity index (χ1n) is 25.5. The summed E-state index contributed by atoms with van der Waals surface area (Å²) in [5, 5.41) is 11.3. The Balaban J connectivity index is 0.000000364. The number of sulfonamides is 4. The van der Waals surface area contributed by atoms with Gasteiger partial charge in [-0.2, -0.15) is 0 Å². The van der Waals surface area contributed by atoms with Crippen molar-refractivity contribution >= 4 is 125 Å². The quantitative estimate of drug-likeness (QED) is 0.0474. The van der Waals surface area contributed by atoms with E-state index in [-0.39, 0.29) is 56.2 Å². The molecule has 2 aromatic heterocycles. The molecular formula is C56H77BrN10O12S6. The maximum atomic E-state index is 13.4. The van der Waals surface area contributed by atoms with E-state index < -0.39 is 62.2 Å². The summed E-state index contributed by atoms with van der Waals surface area (Å²) in [5.74, 6) is -1.23. The van der Waals surface area contributed by atoms with Gasteiger partial charge >= 0.3 is 0 Å². The van der Waals surface area contributed by atoms with Crippen LogP contribution in [0.1, 0.15) is 124 Å². The predicted octanol–water partition coefficient (Wildman–Crippen LogP) is 10.8. The lowest BCUT2D eigenvalue weighted by Crippen LogP contribution is -2.40. The van der Waals surface area contributed by atoms with E-state index in [0.29, 0.717) is 54.3 Å². The topological polar surface area (TPSA) is 327 Å². The van der Waals surface area contributed by atoms with Gasteiger partial charge in [-0.25, -0.2) is 62.5 Å². The van der Waals surface area contributed by atoms with Crippen LogP contribution in [0.2, 0.25) is 0 Å². The van der Waals surface area contributed by atoms with Crippen LogP contribution in [0.15, 0.2) is 109 Å². The van der Waals surface area contributed by atoms with Crippen molar-refractivity contribution in [3.8, 4) is 31.6 Å². The first-order valence-corrected chi connectivity index (χ1v) is 33.9. The Morgan fingerprint density at radius 3 is 0.988 bits per heavy atom. The second kappa shape index (κ2) is 28.3. The molecule has 466 valence electrons. The summed E-state index contributed by atoms with van der Waals surface area (Å²) in [6.45, 7) is 28.0. The number of nitrogens with one attached hydrogen (secondary N) is 8. The lowest BCUT2D eigenvalue weighted by atomic mass is 10.1. The average Bonchev–Trinajstić information content (AvgIpc) is 3.35. The first-order chi connectivity index (χ1) is 38.2. The first kappa shape index (κ1) is 73.4. The van der Waals surface area contributed by atoms with Crippen LogP contribution < -0.4 is 40.2 Å². The fourth-order valence-electron chi connectivity index (χ4n) is 7.54. The van der Waals surface area contributed by atoms with Crippen molar-refractivity contribution in [1.82, 2.24) is 28.9 Å². The fraction of sp³-hybridized carbons (Fsp3) is 0.393. The van der Waals surface area contributed by atoms with Crippen molar-refractivity contribution in [3.05, 3.63) is 94.5 Å². The van der Waals surface area contributed by atoms with E-state index in [1.807, 2.05) is 0 Å². The Hall–Kier alpha value is -5.86. The van der Waals surface area contributed by atoms with Crippen LogP contribution >= 0.6 is 38.6 Å². The number of rotatable bonds is 15. The van der Waals surface area contributed by atoms with E-state index >= 15 is 0 Å². The van der Waals surface area contributed by atoms with E-state index in [9.17, 15) is 52.8 Å². The normalized spacial score (nSPS) is 12.3. The smallest absolute Gasteiger partial charge is 0.241 e. The summed E-state index contributed by atoms with van der Waals surface area (Å²) in [6, 6.07) is 18.5. The summed E-state index contributed by atoms with van der Waals surface area (Å²) in [7, 11) is -15.5. The van der Waals surface area contributed by atoms with Gasteiger partial charge in [-0.1, -0.05) is 19.6 Å². The van der Waals surface area contributed by atoms with E-state index in [4.69, 9.17) is 0 Å². The standard InChI is InChI=1S/C27H35N5O6S3.C15H18BrN3O3S2.C13H20N2O3S.CH4/c1-16(33)29-18-9-11-20(23(13-18)40(35,36)31-26(3,4)5)22-15-28-25(39-22)21-12-10-19(30-17(2)34)14-24(21)41(37,38)32-27(6,7)8;1-9(20)18-10-5-6-11(14-17-8-13(16)23-14)12(7-10)24(21,22)19-15(2,3)4;1-9-6-7-11(14-10(2)16)8-12(9)19(17,18)15-13(3,4)5;/h9-15,31-32H,1-8H3,(H,29,33)(H,30,34);5-8,19H,1-4H3,(H,18,20);6-8,15H,1-5H3,(H,14,16);1H4. The Bertz CT molecular complexity index is 3790. The predicted molar refractivity (Wildman–Crippen MR) is 344 cm³/mol. The number of hydrogen-bond acceptors (Lipinski definition) is 16. The molecule has 8 N–H and O–H groups in total. The monoisotopic (exact) mass is 1350 g/mol. The molecule has 0 spiro atoms. The van der Waals surface area contributed by atoms with Crippen molar-refractivity contribution in [2.75, 3.05) is 21.3 Å². The number of halogens is 1. The van der Waals surface area contributed by atoms with Gasteiger partial charge in [0.1, 0.15) is 10.0 Å². The number of carbonyl (C=O) groups excluding carboxylic acids is 4. The maximum absolute atomic E-state index is 13.4. The molecule has 6 aromatic rings. The number of nitrogens with zero attached hydrogens (tertiary/aromatic N) is 2. The third-order valence-electron chi connectivity index (χ3n) is 10.0. The lowest BCUT2D eigenvalue weighted by Gasteiger charge is -2.22. The van der Waals surface area contributed by atoms with Crippen molar-refractivity contribution in [3.63, 3.8) is 0 Å². The van der Waals surface area contributed by atoms with E-state index in [2.05, 4.69) is 66.1 Å². The molecule has 0 radical (unpaired) electrons. The molecule has 6 rings (SSSR count). The number of thiazole rings is 2. The highest BCUT2D eigenvalue weighted by Gasteiger charge is 2.31. The molecule has 2 heterocycles. The SMILES string of the molecule is C.CC(=O)Nc1ccc(-c2cnc(-c3ccc(NC(C)=O)cc3S(=O)(=O)NC(C)(C)C)s2)c(S(=O)(=O)NC(C)(C)C)c1.CC(=O)Nc1ccc(-c2ncc(Br)s2)c(S(=O)(=O)NC(C)(C)C)c1.CC(=O)Nc1ccc(C)c(S(=O)(=O)NC(C)(C)C)c1. The second-order valence-corrected chi connectivity index (χ2v) is 33.3. The Kier molecular flexibility index (Phi) is 24.5.